The van der Waals surface area contributed by atoms with Crippen LogP contribution in [0.2, 0.25) is 0 Å². The molecule has 5 N–H and O–H groups in total. The van der Waals surface area contributed by atoms with E-state index in [2.05, 4.69) is 21.4 Å². The number of amides is 2. The van der Waals surface area contributed by atoms with Crippen LogP contribution in [0.4, 0.5) is 0 Å². The zero-order valence-electron chi connectivity index (χ0n) is 15.1. The summed E-state index contributed by atoms with van der Waals surface area (Å²) in [6.07, 6.45) is 0.116. The van der Waals surface area contributed by atoms with Crippen molar-refractivity contribution >= 4 is 17.6 Å². The van der Waals surface area contributed by atoms with E-state index in [0.29, 0.717) is 18.8 Å². The molecule has 1 fully saturated rings. The highest BCUT2D eigenvalue weighted by molar-refractivity contribution is 6.01. The Balaban J connectivity index is 1.52. The molecule has 0 bridgehead atoms. The average Bonchev–Trinajstić information content (AvgIpc) is 3.22. The van der Waals surface area contributed by atoms with E-state index in [9.17, 15) is 19.8 Å². The molecule has 10 nitrogen and oxygen atoms in total. The van der Waals surface area contributed by atoms with Crippen molar-refractivity contribution < 1.29 is 19.8 Å². The van der Waals surface area contributed by atoms with E-state index in [1.807, 2.05) is 0 Å². The highest BCUT2D eigenvalue weighted by Gasteiger charge is 2.39. The summed E-state index contributed by atoms with van der Waals surface area (Å²) >= 11 is 0. The number of nitrogens with one attached hydrogen (secondary N) is 3. The number of rotatable bonds is 6. The van der Waals surface area contributed by atoms with Gasteiger partial charge in [-0.2, -0.15) is 0 Å². The molecule has 146 valence electrons. The van der Waals surface area contributed by atoms with Crippen LogP contribution in [0, 0.1) is 0 Å². The lowest BCUT2D eigenvalue weighted by molar-refractivity contribution is -0.137. The normalized spacial score (nSPS) is 22.1. The van der Waals surface area contributed by atoms with Gasteiger partial charge in [-0.25, -0.2) is 5.53 Å². The Hall–Kier alpha value is -2.85. The van der Waals surface area contributed by atoms with Gasteiger partial charge in [0.05, 0.1) is 12.5 Å². The van der Waals surface area contributed by atoms with E-state index >= 15 is 0 Å². The van der Waals surface area contributed by atoms with Gasteiger partial charge < -0.3 is 20.4 Å². The molecule has 0 unspecified atom stereocenters. The van der Waals surface area contributed by atoms with E-state index in [1.165, 1.54) is 10.0 Å². The number of hydrazone groups is 1. The lowest BCUT2D eigenvalue weighted by atomic mass is 10.1. The van der Waals surface area contributed by atoms with Crippen molar-refractivity contribution in [3.63, 3.8) is 0 Å². The molecule has 1 aromatic rings. The summed E-state index contributed by atoms with van der Waals surface area (Å²) < 4.78 is 0. The van der Waals surface area contributed by atoms with Crippen molar-refractivity contribution in [2.75, 3.05) is 20.1 Å². The number of hydrogen-bond acceptors (Lipinski definition) is 8. The van der Waals surface area contributed by atoms with Gasteiger partial charge in [-0.05, 0) is 24.1 Å². The lowest BCUT2D eigenvalue weighted by Crippen LogP contribution is -2.47. The number of likely N-dealkylation sites (tertiary alicyclic amines) is 1. The van der Waals surface area contributed by atoms with Crippen LogP contribution >= 0.6 is 0 Å². The van der Waals surface area contributed by atoms with Gasteiger partial charge in [-0.15, -0.1) is 10.2 Å². The molecule has 1 aromatic carbocycles. The molecular weight excluding hydrogens is 352 g/mol. The first-order valence-corrected chi connectivity index (χ1v) is 8.78. The van der Waals surface area contributed by atoms with Crippen LogP contribution in [-0.2, 0) is 16.0 Å². The number of amidine groups is 1. The number of aliphatic hydroxyl groups excluding tert-OH is 1. The molecule has 2 amide bonds. The molecular formula is C17H24N6O4. The van der Waals surface area contributed by atoms with E-state index < -0.39 is 12.1 Å². The number of benzene rings is 1. The van der Waals surface area contributed by atoms with Crippen molar-refractivity contribution in [2.24, 2.45) is 5.10 Å². The molecule has 10 heteroatoms. The third kappa shape index (κ3) is 4.86. The Morgan fingerprint density at radius 3 is 2.74 bits per heavy atom. The highest BCUT2D eigenvalue weighted by atomic mass is 16.3. The van der Waals surface area contributed by atoms with E-state index in [4.69, 9.17) is 0 Å². The Kier molecular flexibility index (Phi) is 5.77. The summed E-state index contributed by atoms with van der Waals surface area (Å²) in [6, 6.07) is 6.07. The van der Waals surface area contributed by atoms with Gasteiger partial charge in [0, 0.05) is 26.6 Å². The van der Waals surface area contributed by atoms with Crippen LogP contribution in [0.3, 0.4) is 0 Å². The molecule has 2 heterocycles. The van der Waals surface area contributed by atoms with Gasteiger partial charge in [0.2, 0.25) is 11.8 Å². The zero-order valence-corrected chi connectivity index (χ0v) is 15.1. The topological polar surface area (TPSA) is 130 Å². The van der Waals surface area contributed by atoms with Gasteiger partial charge in [-0.1, -0.05) is 12.1 Å². The Morgan fingerprint density at radius 2 is 2.07 bits per heavy atom. The SMILES string of the molecule is CN1NN=C(CC(=O)N2C[C@H](O)C[C@H]2C(=O)NCCc2ccc(O)cc2)N1. The second kappa shape index (κ2) is 8.23. The minimum atomic E-state index is -0.721. The Morgan fingerprint density at radius 1 is 1.33 bits per heavy atom. The number of β-amino-alcohol motifs (C(OH)–C–C–N with tert-alkyl or cyclic N) is 1. The Labute approximate surface area is 156 Å². The van der Waals surface area contributed by atoms with Crippen LogP contribution in [0.25, 0.3) is 0 Å². The number of carbonyl (C=O) groups is 2. The maximum atomic E-state index is 12.5. The van der Waals surface area contributed by atoms with Crippen LogP contribution < -0.4 is 16.3 Å². The van der Waals surface area contributed by atoms with E-state index in [0.717, 1.165) is 5.56 Å². The maximum absolute atomic E-state index is 12.5. The predicted octanol–water partition coefficient (Wildman–Crippen LogP) is -1.33. The third-order valence-corrected chi connectivity index (χ3v) is 4.50. The number of carbonyl (C=O) groups excluding carboxylic acids is 2. The quantitative estimate of drug-likeness (QED) is 0.416. The second-order valence-corrected chi connectivity index (χ2v) is 6.66. The fraction of sp³-hybridized carbons (Fsp3) is 0.471. The molecule has 0 aliphatic carbocycles. The van der Waals surface area contributed by atoms with Crippen LogP contribution in [0.5, 0.6) is 5.75 Å². The van der Waals surface area contributed by atoms with Gasteiger partial charge in [0.25, 0.3) is 0 Å². The van der Waals surface area contributed by atoms with Crippen molar-refractivity contribution in [1.29, 1.82) is 0 Å². The monoisotopic (exact) mass is 376 g/mol. The molecule has 27 heavy (non-hydrogen) atoms. The number of nitrogens with zero attached hydrogens (tertiary/aromatic N) is 3. The first kappa shape index (κ1) is 18.9. The molecule has 2 atom stereocenters. The smallest absolute Gasteiger partial charge is 0.242 e. The zero-order chi connectivity index (χ0) is 19.4. The predicted molar refractivity (Wildman–Crippen MR) is 97.0 cm³/mol. The number of hydrazine groups is 2. The fourth-order valence-electron chi connectivity index (χ4n) is 3.15. The summed E-state index contributed by atoms with van der Waals surface area (Å²) in [5.41, 5.74) is 6.49. The first-order valence-electron chi connectivity index (χ1n) is 8.78. The van der Waals surface area contributed by atoms with Crippen LogP contribution in [0.15, 0.2) is 29.4 Å². The largest absolute Gasteiger partial charge is 0.508 e. The van der Waals surface area contributed by atoms with Gasteiger partial charge >= 0.3 is 0 Å². The third-order valence-electron chi connectivity index (χ3n) is 4.50. The van der Waals surface area contributed by atoms with Crippen LogP contribution in [-0.4, -0.2) is 70.2 Å². The summed E-state index contributed by atoms with van der Waals surface area (Å²) in [6.45, 7) is 0.534. The van der Waals surface area contributed by atoms with Crippen molar-refractivity contribution in [3.05, 3.63) is 29.8 Å². The lowest BCUT2D eigenvalue weighted by Gasteiger charge is -2.23. The van der Waals surface area contributed by atoms with Crippen LogP contribution in [0.1, 0.15) is 18.4 Å². The maximum Gasteiger partial charge on any atom is 0.242 e. The molecule has 1 saturated heterocycles. The molecule has 2 aliphatic rings. The number of aromatic hydroxyl groups is 1. The van der Waals surface area contributed by atoms with Gasteiger partial charge in [0.1, 0.15) is 17.6 Å². The molecule has 0 aromatic heterocycles. The van der Waals surface area contributed by atoms with Crippen molar-refractivity contribution in [2.45, 2.75) is 31.4 Å². The summed E-state index contributed by atoms with van der Waals surface area (Å²) in [4.78, 5) is 26.5. The number of phenols is 1. The summed E-state index contributed by atoms with van der Waals surface area (Å²) in [7, 11) is 1.71. The van der Waals surface area contributed by atoms with E-state index in [1.54, 1.807) is 31.3 Å². The van der Waals surface area contributed by atoms with E-state index in [-0.39, 0.29) is 37.0 Å². The average molecular weight is 376 g/mol. The number of phenolic OH excluding ortho intramolecular Hbond substituents is 1. The molecule has 0 radical (unpaired) electrons. The first-order chi connectivity index (χ1) is 12.9. The molecule has 0 spiro atoms. The fourth-order valence-corrected chi connectivity index (χ4v) is 3.15. The second-order valence-electron chi connectivity index (χ2n) is 6.66. The number of hydrogen-bond donors (Lipinski definition) is 5. The van der Waals surface area contributed by atoms with Crippen molar-refractivity contribution in [3.8, 4) is 5.75 Å². The molecule has 3 rings (SSSR count). The molecule has 0 saturated carbocycles. The minimum Gasteiger partial charge on any atom is -0.508 e. The Bertz CT molecular complexity index is 723. The van der Waals surface area contributed by atoms with Gasteiger partial charge in [0.15, 0.2) is 0 Å². The summed E-state index contributed by atoms with van der Waals surface area (Å²) in [5, 5.41) is 27.5. The highest BCUT2D eigenvalue weighted by Crippen LogP contribution is 2.19. The molecule has 2 aliphatic heterocycles. The standard InChI is InChI=1S/C17H24N6O4/c1-22-20-15(19-21-22)9-16(26)23-10-13(25)8-14(23)17(27)18-7-6-11-2-4-12(24)5-3-11/h2-5,13-14,21,24-25H,6-10H2,1H3,(H,18,27)(H,19,20)/t13-,14+/m1/s1. The number of aliphatic hydroxyl groups is 1. The van der Waals surface area contributed by atoms with Crippen molar-refractivity contribution in [1.82, 2.24) is 26.3 Å². The summed E-state index contributed by atoms with van der Waals surface area (Å²) in [5.74, 6) is 0.0961. The van der Waals surface area contributed by atoms with Gasteiger partial charge in [-0.3, -0.25) is 15.0 Å². The minimum absolute atomic E-state index is 0.0152.